The molecule has 0 saturated carbocycles. The summed E-state index contributed by atoms with van der Waals surface area (Å²) in [6, 6.07) is 11.1. The third kappa shape index (κ3) is 3.26. The van der Waals surface area contributed by atoms with Crippen LogP contribution < -0.4 is 10.5 Å². The van der Waals surface area contributed by atoms with Crippen LogP contribution >= 0.6 is 11.6 Å². The second-order valence-electron chi connectivity index (χ2n) is 6.43. The maximum absolute atomic E-state index is 12.9. The minimum atomic E-state index is -0.425. The number of benzene rings is 1. The van der Waals surface area contributed by atoms with Crippen molar-refractivity contribution in [3.05, 3.63) is 63.7 Å². The third-order valence-electron chi connectivity index (χ3n) is 4.78. The molecule has 1 fully saturated rings. The van der Waals surface area contributed by atoms with Gasteiger partial charge in [-0.15, -0.1) is 0 Å². The van der Waals surface area contributed by atoms with Crippen LogP contribution in [-0.2, 0) is 7.05 Å². The van der Waals surface area contributed by atoms with E-state index in [0.717, 1.165) is 5.69 Å². The SMILES string of the molecule is Cn1c(=O)c(C(=O)N2CCN(c3ccc(Cl)cc3)CC2)nc2cccnc21. The average Bonchev–Trinajstić information content (AvgIpc) is 2.71. The molecule has 0 radical (unpaired) electrons. The Balaban J connectivity index is 1.54. The Kier molecular flexibility index (Phi) is 4.53. The highest BCUT2D eigenvalue weighted by Gasteiger charge is 2.26. The number of hydrogen-bond acceptors (Lipinski definition) is 5. The summed E-state index contributed by atoms with van der Waals surface area (Å²) in [6.45, 7) is 2.42. The quantitative estimate of drug-likeness (QED) is 0.676. The van der Waals surface area contributed by atoms with Gasteiger partial charge in [0.15, 0.2) is 11.3 Å². The normalized spacial score (nSPS) is 14.6. The standard InChI is InChI=1S/C19H18ClN5O2/c1-23-17-15(3-2-8-21-17)22-16(18(23)26)19(27)25-11-9-24(10-12-25)14-6-4-13(20)5-7-14/h2-8H,9-12H2,1H3. The number of carbonyl (C=O) groups is 1. The Morgan fingerprint density at radius 3 is 2.48 bits per heavy atom. The zero-order valence-electron chi connectivity index (χ0n) is 14.8. The average molecular weight is 384 g/mol. The summed E-state index contributed by atoms with van der Waals surface area (Å²) in [5.41, 5.74) is 1.58. The van der Waals surface area contributed by atoms with Crippen LogP contribution in [0.5, 0.6) is 0 Å². The lowest BCUT2D eigenvalue weighted by Gasteiger charge is -2.35. The van der Waals surface area contributed by atoms with E-state index in [-0.39, 0.29) is 11.6 Å². The fourth-order valence-electron chi connectivity index (χ4n) is 3.27. The lowest BCUT2D eigenvalue weighted by molar-refractivity contribution is 0.0738. The molecule has 3 heterocycles. The van der Waals surface area contributed by atoms with Gasteiger partial charge < -0.3 is 9.80 Å². The Hall–Kier alpha value is -2.93. The highest BCUT2D eigenvalue weighted by Crippen LogP contribution is 2.20. The first-order chi connectivity index (χ1) is 13.0. The molecule has 138 valence electrons. The minimum absolute atomic E-state index is 0.0575. The number of aryl methyl sites for hydroxylation is 1. The first-order valence-corrected chi connectivity index (χ1v) is 9.04. The number of amides is 1. The number of piperazine rings is 1. The number of aromatic nitrogens is 3. The van der Waals surface area contributed by atoms with Gasteiger partial charge in [-0.05, 0) is 36.4 Å². The van der Waals surface area contributed by atoms with Gasteiger partial charge in [-0.25, -0.2) is 9.97 Å². The highest BCUT2D eigenvalue weighted by atomic mass is 35.5. The highest BCUT2D eigenvalue weighted by molar-refractivity contribution is 6.30. The largest absolute Gasteiger partial charge is 0.368 e. The van der Waals surface area contributed by atoms with Crippen molar-refractivity contribution < 1.29 is 4.79 Å². The Morgan fingerprint density at radius 1 is 1.07 bits per heavy atom. The van der Waals surface area contributed by atoms with Crippen LogP contribution in [0.2, 0.25) is 5.02 Å². The maximum atomic E-state index is 12.9. The molecule has 0 aliphatic carbocycles. The van der Waals surface area contributed by atoms with Crippen molar-refractivity contribution in [2.75, 3.05) is 31.1 Å². The van der Waals surface area contributed by atoms with E-state index in [2.05, 4.69) is 14.9 Å². The van der Waals surface area contributed by atoms with Crippen LogP contribution in [0.3, 0.4) is 0 Å². The number of anilines is 1. The van der Waals surface area contributed by atoms with Gasteiger partial charge >= 0.3 is 0 Å². The van der Waals surface area contributed by atoms with Crippen molar-refractivity contribution in [1.82, 2.24) is 19.4 Å². The fraction of sp³-hybridized carbons (Fsp3) is 0.263. The van der Waals surface area contributed by atoms with Gasteiger partial charge in [0.1, 0.15) is 5.52 Å². The number of hydrogen-bond donors (Lipinski definition) is 0. The zero-order valence-corrected chi connectivity index (χ0v) is 15.6. The fourth-order valence-corrected chi connectivity index (χ4v) is 3.39. The lowest BCUT2D eigenvalue weighted by Crippen LogP contribution is -2.50. The first kappa shape index (κ1) is 17.5. The van der Waals surface area contributed by atoms with Gasteiger partial charge in [0, 0.05) is 50.1 Å². The summed E-state index contributed by atoms with van der Waals surface area (Å²) in [6.07, 6.45) is 1.60. The van der Waals surface area contributed by atoms with Crippen molar-refractivity contribution in [3.63, 3.8) is 0 Å². The smallest absolute Gasteiger partial charge is 0.283 e. The van der Waals surface area contributed by atoms with Gasteiger partial charge in [-0.1, -0.05) is 11.6 Å². The Labute approximate surface area is 160 Å². The molecule has 1 saturated heterocycles. The number of rotatable bonds is 2. The number of fused-ring (bicyclic) bond motifs is 1. The van der Waals surface area contributed by atoms with E-state index < -0.39 is 5.56 Å². The van der Waals surface area contributed by atoms with Crippen molar-refractivity contribution >= 4 is 34.4 Å². The van der Waals surface area contributed by atoms with E-state index in [0.29, 0.717) is 42.4 Å². The van der Waals surface area contributed by atoms with Crippen LogP contribution in [0, 0.1) is 0 Å². The third-order valence-corrected chi connectivity index (χ3v) is 5.04. The van der Waals surface area contributed by atoms with Crippen LogP contribution in [0.4, 0.5) is 5.69 Å². The molecule has 0 N–H and O–H groups in total. The first-order valence-electron chi connectivity index (χ1n) is 8.66. The monoisotopic (exact) mass is 383 g/mol. The molecule has 0 atom stereocenters. The summed E-state index contributed by atoms with van der Waals surface area (Å²) in [5, 5.41) is 0.695. The van der Waals surface area contributed by atoms with E-state index in [1.54, 1.807) is 30.3 Å². The van der Waals surface area contributed by atoms with E-state index in [9.17, 15) is 9.59 Å². The second kappa shape index (κ2) is 7.00. The molecule has 0 spiro atoms. The van der Waals surface area contributed by atoms with E-state index in [1.165, 1.54) is 4.57 Å². The van der Waals surface area contributed by atoms with E-state index in [1.807, 2.05) is 24.3 Å². The molecule has 8 heteroatoms. The van der Waals surface area contributed by atoms with Crippen molar-refractivity contribution in [3.8, 4) is 0 Å². The summed E-state index contributed by atoms with van der Waals surface area (Å²) in [5.74, 6) is -0.336. The molecule has 0 bridgehead atoms. The van der Waals surface area contributed by atoms with Gasteiger partial charge in [-0.3, -0.25) is 14.2 Å². The summed E-state index contributed by atoms with van der Waals surface area (Å²) in [4.78, 5) is 37.8. The van der Waals surface area contributed by atoms with E-state index >= 15 is 0 Å². The molecule has 1 aliphatic heterocycles. The zero-order chi connectivity index (χ0) is 19.0. The lowest BCUT2D eigenvalue weighted by atomic mass is 10.2. The van der Waals surface area contributed by atoms with Crippen LogP contribution in [-0.4, -0.2) is 51.5 Å². The topological polar surface area (TPSA) is 71.3 Å². The Morgan fingerprint density at radius 2 is 1.78 bits per heavy atom. The molecule has 7 nitrogen and oxygen atoms in total. The van der Waals surface area contributed by atoms with Gasteiger partial charge in [0.25, 0.3) is 11.5 Å². The number of carbonyl (C=O) groups excluding carboxylic acids is 1. The van der Waals surface area contributed by atoms with Gasteiger partial charge in [-0.2, -0.15) is 0 Å². The molecule has 4 rings (SSSR count). The number of nitrogens with zero attached hydrogens (tertiary/aromatic N) is 5. The van der Waals surface area contributed by atoms with Gasteiger partial charge in [0.05, 0.1) is 0 Å². The minimum Gasteiger partial charge on any atom is -0.368 e. The molecule has 1 amide bonds. The summed E-state index contributed by atoms with van der Waals surface area (Å²) in [7, 11) is 1.61. The number of halogens is 1. The summed E-state index contributed by atoms with van der Waals surface area (Å²) < 4.78 is 1.37. The van der Waals surface area contributed by atoms with Crippen molar-refractivity contribution in [2.24, 2.45) is 7.05 Å². The van der Waals surface area contributed by atoms with E-state index in [4.69, 9.17) is 11.6 Å². The predicted molar refractivity (Wildman–Crippen MR) is 104 cm³/mol. The molecule has 3 aromatic rings. The summed E-state index contributed by atoms with van der Waals surface area (Å²) >= 11 is 5.94. The Bertz CT molecular complexity index is 1060. The molecule has 27 heavy (non-hydrogen) atoms. The van der Waals surface area contributed by atoms with Crippen molar-refractivity contribution in [2.45, 2.75) is 0 Å². The van der Waals surface area contributed by atoms with Crippen molar-refractivity contribution in [1.29, 1.82) is 0 Å². The molecule has 0 unspecified atom stereocenters. The second-order valence-corrected chi connectivity index (χ2v) is 6.86. The van der Waals surface area contributed by atoms with Crippen LogP contribution in [0.15, 0.2) is 47.4 Å². The molecule has 2 aromatic heterocycles. The maximum Gasteiger partial charge on any atom is 0.283 e. The van der Waals surface area contributed by atoms with Crippen LogP contribution in [0.1, 0.15) is 10.5 Å². The van der Waals surface area contributed by atoms with Gasteiger partial charge in [0.2, 0.25) is 0 Å². The molecule has 1 aliphatic rings. The molecule has 1 aromatic carbocycles. The molecular formula is C19H18ClN5O2. The van der Waals surface area contributed by atoms with Crippen LogP contribution in [0.25, 0.3) is 11.2 Å². The number of pyridine rings is 1. The predicted octanol–water partition coefficient (Wildman–Crippen LogP) is 1.94. The molecular weight excluding hydrogens is 366 g/mol.